The zero-order valence-electron chi connectivity index (χ0n) is 9.83. The topological polar surface area (TPSA) is 21.8 Å². The first kappa shape index (κ1) is 10.5. The summed E-state index contributed by atoms with van der Waals surface area (Å²) in [5.74, 6) is 0.972. The van der Waals surface area contributed by atoms with Crippen molar-refractivity contribution in [2.24, 2.45) is 0 Å². The van der Waals surface area contributed by atoms with Crippen LogP contribution in [0.4, 0.5) is 0 Å². The highest BCUT2D eigenvalue weighted by Gasteiger charge is 2.48. The molecular formula is C13H18O2. The van der Waals surface area contributed by atoms with Crippen molar-refractivity contribution in [3.05, 3.63) is 29.3 Å². The molecule has 0 aromatic heterocycles. The third kappa shape index (κ3) is 2.00. The lowest BCUT2D eigenvalue weighted by Crippen LogP contribution is -1.99. The fourth-order valence-electron chi connectivity index (χ4n) is 1.89. The molecule has 1 aliphatic rings. The van der Waals surface area contributed by atoms with Gasteiger partial charge >= 0.3 is 0 Å². The van der Waals surface area contributed by atoms with E-state index in [-0.39, 0.29) is 11.7 Å². The maximum atomic E-state index is 5.60. The minimum atomic E-state index is 0.0135. The summed E-state index contributed by atoms with van der Waals surface area (Å²) < 4.78 is 11.1. The zero-order chi connectivity index (χ0) is 11.1. The van der Waals surface area contributed by atoms with Crippen LogP contribution >= 0.6 is 0 Å². The van der Waals surface area contributed by atoms with E-state index in [1.165, 1.54) is 11.1 Å². The highest BCUT2D eigenvalue weighted by molar-refractivity contribution is 5.39. The Morgan fingerprint density at radius 2 is 2.07 bits per heavy atom. The summed E-state index contributed by atoms with van der Waals surface area (Å²) >= 11 is 0. The number of aryl methyl sites for hydroxylation is 1. The average Bonchev–Trinajstić information content (AvgIpc) is 2.79. The van der Waals surface area contributed by atoms with E-state index in [1.54, 1.807) is 0 Å². The highest BCUT2D eigenvalue weighted by atomic mass is 16.6. The highest BCUT2D eigenvalue weighted by Crippen LogP contribution is 2.49. The van der Waals surface area contributed by atoms with Gasteiger partial charge < -0.3 is 9.47 Å². The lowest BCUT2D eigenvalue weighted by Gasteiger charge is -2.08. The van der Waals surface area contributed by atoms with Crippen molar-refractivity contribution in [3.8, 4) is 5.75 Å². The number of benzene rings is 1. The molecule has 0 amide bonds. The molecule has 1 aromatic rings. The van der Waals surface area contributed by atoms with Crippen LogP contribution in [0.2, 0.25) is 0 Å². The Bertz CT molecular complexity index is 369. The van der Waals surface area contributed by atoms with Crippen LogP contribution in [0.1, 0.15) is 38.0 Å². The Kier molecular flexibility index (Phi) is 2.47. The average molecular weight is 206 g/mol. The van der Waals surface area contributed by atoms with Crippen LogP contribution in [-0.4, -0.2) is 12.2 Å². The molecule has 2 rings (SSSR count). The Labute approximate surface area is 91.2 Å². The fraction of sp³-hybridized carbons (Fsp3) is 0.538. The quantitative estimate of drug-likeness (QED) is 0.708. The molecule has 1 aromatic carbocycles. The molecule has 2 heteroatoms. The smallest absolute Gasteiger partial charge is 0.122 e. The molecule has 1 unspecified atom stereocenters. The minimum absolute atomic E-state index is 0.0135. The van der Waals surface area contributed by atoms with Crippen molar-refractivity contribution in [2.45, 2.75) is 39.4 Å². The third-order valence-electron chi connectivity index (χ3n) is 2.80. The molecule has 1 heterocycles. The Hall–Kier alpha value is -1.02. The van der Waals surface area contributed by atoms with E-state index in [2.05, 4.69) is 32.9 Å². The minimum Gasteiger partial charge on any atom is -0.494 e. The second-order valence-electron chi connectivity index (χ2n) is 4.56. The van der Waals surface area contributed by atoms with Gasteiger partial charge in [-0.2, -0.15) is 0 Å². The first-order valence-corrected chi connectivity index (χ1v) is 5.46. The largest absolute Gasteiger partial charge is 0.494 e. The van der Waals surface area contributed by atoms with Crippen molar-refractivity contribution in [2.75, 3.05) is 6.61 Å². The zero-order valence-corrected chi connectivity index (χ0v) is 9.83. The lowest BCUT2D eigenvalue weighted by molar-refractivity contribution is 0.325. The van der Waals surface area contributed by atoms with Gasteiger partial charge in [-0.15, -0.1) is 0 Å². The summed E-state index contributed by atoms with van der Waals surface area (Å²) in [7, 11) is 0. The van der Waals surface area contributed by atoms with Gasteiger partial charge in [0.25, 0.3) is 0 Å². The van der Waals surface area contributed by atoms with Gasteiger partial charge in [0.2, 0.25) is 0 Å². The molecule has 1 aliphatic heterocycles. The van der Waals surface area contributed by atoms with E-state index in [0.717, 1.165) is 5.75 Å². The number of hydrogen-bond donors (Lipinski definition) is 0. The van der Waals surface area contributed by atoms with Crippen molar-refractivity contribution < 1.29 is 9.47 Å². The van der Waals surface area contributed by atoms with Gasteiger partial charge in [0.1, 0.15) is 11.9 Å². The van der Waals surface area contributed by atoms with E-state index in [4.69, 9.17) is 9.47 Å². The van der Waals surface area contributed by atoms with Gasteiger partial charge in [-0.3, -0.25) is 0 Å². The molecule has 1 atom stereocenters. The summed E-state index contributed by atoms with van der Waals surface area (Å²) in [6.45, 7) is 9.02. The summed E-state index contributed by atoms with van der Waals surface area (Å²) in [5.41, 5.74) is 2.45. The molecule has 1 fully saturated rings. The molecule has 0 bridgehead atoms. The molecule has 0 radical (unpaired) electrons. The predicted octanol–water partition coefficient (Wildman–Crippen LogP) is 3.24. The van der Waals surface area contributed by atoms with Gasteiger partial charge in [0, 0.05) is 0 Å². The molecule has 0 spiro atoms. The van der Waals surface area contributed by atoms with Gasteiger partial charge in [0.05, 0.1) is 12.2 Å². The first-order chi connectivity index (χ1) is 7.04. The summed E-state index contributed by atoms with van der Waals surface area (Å²) in [5, 5.41) is 0. The van der Waals surface area contributed by atoms with Crippen LogP contribution in [0, 0.1) is 6.92 Å². The predicted molar refractivity (Wildman–Crippen MR) is 60.3 cm³/mol. The molecular weight excluding hydrogens is 188 g/mol. The molecule has 0 saturated carbocycles. The van der Waals surface area contributed by atoms with Crippen molar-refractivity contribution in [1.29, 1.82) is 0 Å². The van der Waals surface area contributed by atoms with E-state index >= 15 is 0 Å². The molecule has 0 N–H and O–H groups in total. The Morgan fingerprint density at radius 1 is 1.40 bits per heavy atom. The Balaban J connectivity index is 2.19. The normalized spacial score (nSPS) is 22.5. The van der Waals surface area contributed by atoms with Crippen LogP contribution in [0.25, 0.3) is 0 Å². The molecule has 2 nitrogen and oxygen atoms in total. The SMILES string of the molecule is CCOc1ccc(C2OC2(C)C)cc1C. The maximum Gasteiger partial charge on any atom is 0.122 e. The molecule has 15 heavy (non-hydrogen) atoms. The number of hydrogen-bond acceptors (Lipinski definition) is 2. The number of epoxide rings is 1. The first-order valence-electron chi connectivity index (χ1n) is 5.46. The van der Waals surface area contributed by atoms with Crippen LogP contribution in [0.3, 0.4) is 0 Å². The molecule has 1 saturated heterocycles. The fourth-order valence-corrected chi connectivity index (χ4v) is 1.89. The standard InChI is InChI=1S/C13H18O2/c1-5-14-11-7-6-10(8-9(11)2)12-13(3,4)15-12/h6-8,12H,5H2,1-4H3. The second kappa shape index (κ2) is 3.53. The van der Waals surface area contributed by atoms with E-state index in [9.17, 15) is 0 Å². The third-order valence-corrected chi connectivity index (χ3v) is 2.80. The van der Waals surface area contributed by atoms with Crippen molar-refractivity contribution in [1.82, 2.24) is 0 Å². The van der Waals surface area contributed by atoms with E-state index < -0.39 is 0 Å². The van der Waals surface area contributed by atoms with E-state index in [0.29, 0.717) is 6.61 Å². The number of rotatable bonds is 3. The van der Waals surface area contributed by atoms with Crippen LogP contribution in [0.15, 0.2) is 18.2 Å². The van der Waals surface area contributed by atoms with Gasteiger partial charge in [-0.25, -0.2) is 0 Å². The van der Waals surface area contributed by atoms with Crippen LogP contribution < -0.4 is 4.74 Å². The molecule has 82 valence electrons. The van der Waals surface area contributed by atoms with Crippen LogP contribution in [-0.2, 0) is 4.74 Å². The van der Waals surface area contributed by atoms with Crippen molar-refractivity contribution >= 4 is 0 Å². The maximum absolute atomic E-state index is 5.60. The summed E-state index contributed by atoms with van der Waals surface area (Å²) in [4.78, 5) is 0. The number of ether oxygens (including phenoxy) is 2. The summed E-state index contributed by atoms with van der Waals surface area (Å²) in [6.07, 6.45) is 0.256. The van der Waals surface area contributed by atoms with Gasteiger partial charge in [-0.05, 0) is 51.0 Å². The van der Waals surface area contributed by atoms with E-state index in [1.807, 2.05) is 13.0 Å². The summed E-state index contributed by atoms with van der Waals surface area (Å²) in [6, 6.07) is 6.29. The lowest BCUT2D eigenvalue weighted by atomic mass is 10.0. The Morgan fingerprint density at radius 3 is 2.53 bits per heavy atom. The van der Waals surface area contributed by atoms with Crippen molar-refractivity contribution in [3.63, 3.8) is 0 Å². The van der Waals surface area contributed by atoms with Gasteiger partial charge in [0.15, 0.2) is 0 Å². The molecule has 0 aliphatic carbocycles. The van der Waals surface area contributed by atoms with Crippen LogP contribution in [0.5, 0.6) is 5.75 Å². The monoisotopic (exact) mass is 206 g/mol. The second-order valence-corrected chi connectivity index (χ2v) is 4.56. The van der Waals surface area contributed by atoms with Gasteiger partial charge in [-0.1, -0.05) is 6.07 Å².